The van der Waals surface area contributed by atoms with E-state index in [2.05, 4.69) is 47.7 Å². The van der Waals surface area contributed by atoms with Gasteiger partial charge in [0.1, 0.15) is 0 Å². The molecule has 0 aromatic heterocycles. The first kappa shape index (κ1) is 14.9. The molecule has 1 aromatic rings. The van der Waals surface area contributed by atoms with Crippen LogP contribution in [0, 0.1) is 0 Å². The van der Waals surface area contributed by atoms with Crippen molar-refractivity contribution in [3.63, 3.8) is 0 Å². The van der Waals surface area contributed by atoms with Gasteiger partial charge < -0.3 is 10.2 Å². The number of likely N-dealkylation sites (tertiary alicyclic amines) is 1. The van der Waals surface area contributed by atoms with Crippen molar-refractivity contribution >= 4 is 11.8 Å². The van der Waals surface area contributed by atoms with Gasteiger partial charge in [-0.3, -0.25) is 0 Å². The van der Waals surface area contributed by atoms with Crippen LogP contribution in [-0.4, -0.2) is 36.8 Å². The number of rotatable bonds is 6. The standard InChI is InChI=1S/C16H26N2S/c1-3-10-18-11-8-15(9-12-18)17-13-14-4-6-16(19-2)7-5-14/h4-7,15,17H,3,8-13H2,1-2H3. The first-order valence-electron chi connectivity index (χ1n) is 7.40. The zero-order valence-electron chi connectivity index (χ0n) is 12.2. The van der Waals surface area contributed by atoms with Crippen LogP contribution in [0.1, 0.15) is 31.7 Å². The van der Waals surface area contributed by atoms with Crippen LogP contribution < -0.4 is 5.32 Å². The second kappa shape index (κ2) is 7.93. The van der Waals surface area contributed by atoms with Gasteiger partial charge in [-0.1, -0.05) is 19.1 Å². The largest absolute Gasteiger partial charge is 0.310 e. The highest BCUT2D eigenvalue weighted by molar-refractivity contribution is 7.98. The van der Waals surface area contributed by atoms with Crippen LogP contribution in [0.4, 0.5) is 0 Å². The van der Waals surface area contributed by atoms with E-state index in [1.807, 2.05) is 0 Å². The molecule has 2 rings (SSSR count). The average molecular weight is 278 g/mol. The van der Waals surface area contributed by atoms with Crippen LogP contribution in [0.25, 0.3) is 0 Å². The topological polar surface area (TPSA) is 15.3 Å². The Morgan fingerprint density at radius 2 is 1.89 bits per heavy atom. The van der Waals surface area contributed by atoms with Gasteiger partial charge in [0.15, 0.2) is 0 Å². The Morgan fingerprint density at radius 3 is 2.47 bits per heavy atom. The minimum absolute atomic E-state index is 0.702. The molecule has 1 heterocycles. The summed E-state index contributed by atoms with van der Waals surface area (Å²) in [6.45, 7) is 7.06. The van der Waals surface area contributed by atoms with E-state index in [0.29, 0.717) is 6.04 Å². The van der Waals surface area contributed by atoms with Gasteiger partial charge in [0.25, 0.3) is 0 Å². The molecule has 106 valence electrons. The van der Waals surface area contributed by atoms with Crippen LogP contribution in [0.5, 0.6) is 0 Å². The molecule has 1 aliphatic heterocycles. The zero-order chi connectivity index (χ0) is 13.5. The first-order chi connectivity index (χ1) is 9.31. The van der Waals surface area contributed by atoms with Gasteiger partial charge >= 0.3 is 0 Å². The molecule has 1 aromatic carbocycles. The minimum atomic E-state index is 0.702. The molecule has 0 aliphatic carbocycles. The maximum atomic E-state index is 3.70. The maximum absolute atomic E-state index is 3.70. The predicted octanol–water partition coefficient (Wildman–Crippen LogP) is 3.37. The third-order valence-corrected chi connectivity index (χ3v) is 4.62. The fourth-order valence-corrected chi connectivity index (χ4v) is 3.09. The quantitative estimate of drug-likeness (QED) is 0.803. The summed E-state index contributed by atoms with van der Waals surface area (Å²) in [7, 11) is 0. The lowest BCUT2D eigenvalue weighted by Crippen LogP contribution is -2.42. The van der Waals surface area contributed by atoms with Gasteiger partial charge in [0, 0.05) is 17.5 Å². The molecular weight excluding hydrogens is 252 g/mol. The average Bonchev–Trinajstić information content (AvgIpc) is 2.47. The summed E-state index contributed by atoms with van der Waals surface area (Å²) in [5, 5.41) is 3.70. The predicted molar refractivity (Wildman–Crippen MR) is 84.8 cm³/mol. The molecule has 1 fully saturated rings. The number of hydrogen-bond acceptors (Lipinski definition) is 3. The third kappa shape index (κ3) is 4.83. The summed E-state index contributed by atoms with van der Waals surface area (Å²) in [4.78, 5) is 3.93. The van der Waals surface area contributed by atoms with E-state index in [1.165, 1.54) is 49.4 Å². The molecule has 1 aliphatic rings. The van der Waals surface area contributed by atoms with Crippen LogP contribution >= 0.6 is 11.8 Å². The molecule has 0 unspecified atom stereocenters. The van der Waals surface area contributed by atoms with E-state index in [-0.39, 0.29) is 0 Å². The van der Waals surface area contributed by atoms with Crippen molar-refractivity contribution in [3.05, 3.63) is 29.8 Å². The Kier molecular flexibility index (Phi) is 6.21. The van der Waals surface area contributed by atoms with Gasteiger partial charge in [-0.05, 0) is 62.8 Å². The van der Waals surface area contributed by atoms with Gasteiger partial charge in [-0.25, -0.2) is 0 Å². The van der Waals surface area contributed by atoms with Crippen LogP contribution in [-0.2, 0) is 6.54 Å². The Hall–Kier alpha value is -0.510. The number of piperidine rings is 1. The number of nitrogens with one attached hydrogen (secondary N) is 1. The second-order valence-electron chi connectivity index (χ2n) is 5.34. The van der Waals surface area contributed by atoms with Crippen molar-refractivity contribution in [1.82, 2.24) is 10.2 Å². The fourth-order valence-electron chi connectivity index (χ4n) is 2.68. The molecule has 0 bridgehead atoms. The Labute approximate surface area is 122 Å². The molecule has 0 amide bonds. The van der Waals surface area contributed by atoms with Gasteiger partial charge in [0.05, 0.1) is 0 Å². The number of benzene rings is 1. The molecule has 19 heavy (non-hydrogen) atoms. The van der Waals surface area contributed by atoms with Crippen molar-refractivity contribution in [3.8, 4) is 0 Å². The van der Waals surface area contributed by atoms with Crippen LogP contribution in [0.2, 0.25) is 0 Å². The van der Waals surface area contributed by atoms with Crippen LogP contribution in [0.15, 0.2) is 29.2 Å². The van der Waals surface area contributed by atoms with E-state index < -0.39 is 0 Å². The lowest BCUT2D eigenvalue weighted by Gasteiger charge is -2.32. The normalized spacial score (nSPS) is 17.8. The smallest absolute Gasteiger partial charge is 0.0208 e. The van der Waals surface area contributed by atoms with E-state index >= 15 is 0 Å². The van der Waals surface area contributed by atoms with Crippen molar-refractivity contribution in [2.24, 2.45) is 0 Å². The third-order valence-electron chi connectivity index (χ3n) is 3.88. The van der Waals surface area contributed by atoms with E-state index in [0.717, 1.165) is 6.54 Å². The summed E-state index contributed by atoms with van der Waals surface area (Å²) >= 11 is 1.80. The van der Waals surface area contributed by atoms with Gasteiger partial charge in [-0.2, -0.15) is 0 Å². The molecule has 3 heteroatoms. The Balaban J connectivity index is 1.71. The van der Waals surface area contributed by atoms with E-state index in [4.69, 9.17) is 0 Å². The van der Waals surface area contributed by atoms with E-state index in [1.54, 1.807) is 11.8 Å². The van der Waals surface area contributed by atoms with Gasteiger partial charge in [0.2, 0.25) is 0 Å². The second-order valence-corrected chi connectivity index (χ2v) is 6.22. The van der Waals surface area contributed by atoms with Crippen LogP contribution in [0.3, 0.4) is 0 Å². The summed E-state index contributed by atoms with van der Waals surface area (Å²) in [6, 6.07) is 9.61. The molecule has 0 saturated carbocycles. The lowest BCUT2D eigenvalue weighted by molar-refractivity contribution is 0.197. The lowest BCUT2D eigenvalue weighted by atomic mass is 10.0. The highest BCUT2D eigenvalue weighted by Gasteiger charge is 2.17. The maximum Gasteiger partial charge on any atom is 0.0208 e. The molecule has 0 atom stereocenters. The Morgan fingerprint density at radius 1 is 1.21 bits per heavy atom. The Bertz CT molecular complexity index is 356. The van der Waals surface area contributed by atoms with Crippen molar-refractivity contribution in [2.75, 3.05) is 25.9 Å². The minimum Gasteiger partial charge on any atom is -0.310 e. The van der Waals surface area contributed by atoms with E-state index in [9.17, 15) is 0 Å². The van der Waals surface area contributed by atoms with Crippen molar-refractivity contribution in [2.45, 2.75) is 43.7 Å². The summed E-state index contributed by atoms with van der Waals surface area (Å²) < 4.78 is 0. The highest BCUT2D eigenvalue weighted by atomic mass is 32.2. The molecule has 0 spiro atoms. The molecule has 0 radical (unpaired) electrons. The molecular formula is C16H26N2S. The summed E-state index contributed by atoms with van der Waals surface area (Å²) in [6.07, 6.45) is 5.99. The van der Waals surface area contributed by atoms with Gasteiger partial charge in [-0.15, -0.1) is 11.8 Å². The van der Waals surface area contributed by atoms with Crippen molar-refractivity contribution in [1.29, 1.82) is 0 Å². The molecule has 2 nitrogen and oxygen atoms in total. The van der Waals surface area contributed by atoms with Crippen molar-refractivity contribution < 1.29 is 0 Å². The number of hydrogen-bond donors (Lipinski definition) is 1. The monoisotopic (exact) mass is 278 g/mol. The summed E-state index contributed by atoms with van der Waals surface area (Å²) in [5.74, 6) is 0. The SMILES string of the molecule is CCCN1CCC(NCc2ccc(SC)cc2)CC1. The molecule has 1 N–H and O–H groups in total. The zero-order valence-corrected chi connectivity index (χ0v) is 13.0. The highest BCUT2D eigenvalue weighted by Crippen LogP contribution is 2.15. The number of nitrogens with zero attached hydrogens (tertiary/aromatic N) is 1. The summed E-state index contributed by atoms with van der Waals surface area (Å²) in [5.41, 5.74) is 1.40. The number of thioether (sulfide) groups is 1. The fraction of sp³-hybridized carbons (Fsp3) is 0.625. The molecule has 1 saturated heterocycles. The first-order valence-corrected chi connectivity index (χ1v) is 8.63.